The molecule has 1 aliphatic heterocycles. The third kappa shape index (κ3) is 5.03. The van der Waals surface area contributed by atoms with E-state index < -0.39 is 5.97 Å². The van der Waals surface area contributed by atoms with Crippen molar-refractivity contribution in [3.05, 3.63) is 76.8 Å². The van der Waals surface area contributed by atoms with Gasteiger partial charge in [-0.2, -0.15) is 0 Å². The average molecular weight is 450 g/mol. The molecule has 164 valence electrons. The van der Waals surface area contributed by atoms with E-state index in [1.54, 1.807) is 28.5 Å². The molecule has 8 heteroatoms. The number of thiazole rings is 1. The van der Waals surface area contributed by atoms with E-state index in [2.05, 4.69) is 4.98 Å². The van der Waals surface area contributed by atoms with Crippen molar-refractivity contribution in [3.63, 3.8) is 0 Å². The number of hydrogen-bond acceptors (Lipinski definition) is 6. The van der Waals surface area contributed by atoms with Crippen LogP contribution in [-0.4, -0.2) is 34.2 Å². The Hall–Kier alpha value is -3.52. The predicted molar refractivity (Wildman–Crippen MR) is 122 cm³/mol. The fourth-order valence-electron chi connectivity index (χ4n) is 3.58. The highest BCUT2D eigenvalue weighted by molar-refractivity contribution is 7.14. The number of benzene rings is 2. The third-order valence-corrected chi connectivity index (χ3v) is 5.99. The number of ether oxygens (including phenoxy) is 1. The zero-order chi connectivity index (χ0) is 22.5. The summed E-state index contributed by atoms with van der Waals surface area (Å²) in [6, 6.07) is 16.4. The Kier molecular flexibility index (Phi) is 6.61. The van der Waals surface area contributed by atoms with Gasteiger partial charge in [0, 0.05) is 31.8 Å². The summed E-state index contributed by atoms with van der Waals surface area (Å²) in [5.74, 6) is -0.463. The van der Waals surface area contributed by atoms with Crippen LogP contribution >= 0.6 is 11.3 Å². The summed E-state index contributed by atoms with van der Waals surface area (Å²) in [7, 11) is 0. The summed E-state index contributed by atoms with van der Waals surface area (Å²) in [6.45, 7) is 2.73. The van der Waals surface area contributed by atoms with Gasteiger partial charge in [-0.15, -0.1) is 11.3 Å². The molecule has 4 rings (SSSR count). The lowest BCUT2D eigenvalue weighted by Gasteiger charge is -2.17. The number of carbonyl (C=O) groups is 3. The maximum Gasteiger partial charge on any atom is 0.338 e. The standard InChI is InChI=1S/C24H23N3O4S/c1-17(28)27(21-9-3-2-4-10-21)24-25-20(16-32-24)15-31-23(30)19-8-5-7-18(13-19)14-26-12-6-11-22(26)29/h2-5,7-10,13,16H,6,11-12,14-15H2,1H3. The van der Waals surface area contributed by atoms with Gasteiger partial charge in [0.2, 0.25) is 11.8 Å². The summed E-state index contributed by atoms with van der Waals surface area (Å²) in [5, 5.41) is 2.30. The molecule has 1 aliphatic rings. The molecule has 1 fully saturated rings. The SMILES string of the molecule is CC(=O)N(c1ccccc1)c1nc(COC(=O)c2cccc(CN3CCCC3=O)c2)cs1. The Bertz CT molecular complexity index is 1130. The summed E-state index contributed by atoms with van der Waals surface area (Å²) < 4.78 is 5.44. The summed E-state index contributed by atoms with van der Waals surface area (Å²) >= 11 is 1.31. The minimum Gasteiger partial charge on any atom is -0.456 e. The van der Waals surface area contributed by atoms with Gasteiger partial charge < -0.3 is 9.64 Å². The molecular weight excluding hydrogens is 426 g/mol. The second kappa shape index (κ2) is 9.74. The van der Waals surface area contributed by atoms with E-state index in [4.69, 9.17) is 4.74 Å². The van der Waals surface area contributed by atoms with Crippen LogP contribution in [0.4, 0.5) is 10.8 Å². The van der Waals surface area contributed by atoms with E-state index in [9.17, 15) is 14.4 Å². The number of carbonyl (C=O) groups excluding carboxylic acids is 3. The molecule has 32 heavy (non-hydrogen) atoms. The Morgan fingerprint density at radius 1 is 1.16 bits per heavy atom. The highest BCUT2D eigenvalue weighted by atomic mass is 32.1. The molecule has 1 saturated heterocycles. The molecule has 0 atom stereocenters. The second-order valence-electron chi connectivity index (χ2n) is 7.51. The molecule has 0 bridgehead atoms. The number of amides is 2. The van der Waals surface area contributed by atoms with Crippen molar-refractivity contribution in [2.24, 2.45) is 0 Å². The molecule has 2 heterocycles. The maximum absolute atomic E-state index is 12.6. The lowest BCUT2D eigenvalue weighted by Crippen LogP contribution is -2.23. The van der Waals surface area contributed by atoms with Crippen LogP contribution in [0.5, 0.6) is 0 Å². The van der Waals surface area contributed by atoms with Crippen LogP contribution in [0.2, 0.25) is 0 Å². The molecule has 2 aromatic carbocycles. The van der Waals surface area contributed by atoms with Crippen LogP contribution in [-0.2, 0) is 27.5 Å². The normalized spacial score (nSPS) is 13.3. The molecule has 7 nitrogen and oxygen atoms in total. The number of esters is 1. The molecule has 0 saturated carbocycles. The first-order valence-electron chi connectivity index (χ1n) is 10.4. The van der Waals surface area contributed by atoms with Crippen LogP contribution in [0.1, 0.15) is 41.4 Å². The van der Waals surface area contributed by atoms with E-state index in [1.165, 1.54) is 23.2 Å². The number of likely N-dealkylation sites (tertiary alicyclic amines) is 1. The van der Waals surface area contributed by atoms with Gasteiger partial charge in [-0.25, -0.2) is 9.78 Å². The van der Waals surface area contributed by atoms with Gasteiger partial charge in [-0.1, -0.05) is 30.3 Å². The van der Waals surface area contributed by atoms with E-state index in [0.717, 1.165) is 24.2 Å². The first-order valence-corrected chi connectivity index (χ1v) is 11.2. The topological polar surface area (TPSA) is 79.8 Å². The van der Waals surface area contributed by atoms with Crippen molar-refractivity contribution < 1.29 is 19.1 Å². The van der Waals surface area contributed by atoms with Crippen LogP contribution < -0.4 is 4.90 Å². The van der Waals surface area contributed by atoms with Crippen LogP contribution in [0.25, 0.3) is 0 Å². The van der Waals surface area contributed by atoms with Gasteiger partial charge in [0.25, 0.3) is 0 Å². The van der Waals surface area contributed by atoms with Gasteiger partial charge in [-0.3, -0.25) is 14.5 Å². The number of aromatic nitrogens is 1. The lowest BCUT2D eigenvalue weighted by atomic mass is 10.1. The zero-order valence-electron chi connectivity index (χ0n) is 17.7. The first kappa shape index (κ1) is 21.7. The van der Waals surface area contributed by atoms with Crippen molar-refractivity contribution in [1.82, 2.24) is 9.88 Å². The van der Waals surface area contributed by atoms with Crippen LogP contribution in [0.3, 0.4) is 0 Å². The quantitative estimate of drug-likeness (QED) is 0.502. The van der Waals surface area contributed by atoms with Gasteiger partial charge in [0.15, 0.2) is 5.13 Å². The highest BCUT2D eigenvalue weighted by Gasteiger charge is 2.21. The monoisotopic (exact) mass is 449 g/mol. The van der Waals surface area contributed by atoms with Crippen LogP contribution in [0.15, 0.2) is 60.0 Å². The molecule has 1 aromatic heterocycles. The molecule has 2 amide bonds. The van der Waals surface area contributed by atoms with Crippen molar-refractivity contribution in [3.8, 4) is 0 Å². The maximum atomic E-state index is 12.6. The largest absolute Gasteiger partial charge is 0.456 e. The molecule has 0 aliphatic carbocycles. The number of hydrogen-bond donors (Lipinski definition) is 0. The molecule has 0 unspecified atom stereocenters. The Morgan fingerprint density at radius 2 is 1.97 bits per heavy atom. The number of para-hydroxylation sites is 1. The molecular formula is C24H23N3O4S. The van der Waals surface area contributed by atoms with E-state index in [1.807, 2.05) is 36.4 Å². The number of anilines is 2. The van der Waals surface area contributed by atoms with Crippen molar-refractivity contribution in [2.45, 2.75) is 32.9 Å². The third-order valence-electron chi connectivity index (χ3n) is 5.12. The molecule has 0 radical (unpaired) electrons. The van der Waals surface area contributed by atoms with Gasteiger partial charge in [-0.05, 0) is 36.2 Å². The fraction of sp³-hybridized carbons (Fsp3) is 0.250. The zero-order valence-corrected chi connectivity index (χ0v) is 18.5. The Morgan fingerprint density at radius 3 is 2.69 bits per heavy atom. The predicted octanol–water partition coefficient (Wildman–Crippen LogP) is 4.31. The van der Waals surface area contributed by atoms with Crippen molar-refractivity contribution >= 4 is 39.9 Å². The van der Waals surface area contributed by atoms with Gasteiger partial charge in [0.05, 0.1) is 16.9 Å². The van der Waals surface area contributed by atoms with Crippen LogP contribution in [0, 0.1) is 0 Å². The average Bonchev–Trinajstić information content (AvgIpc) is 3.42. The fourth-order valence-corrected chi connectivity index (χ4v) is 4.45. The van der Waals surface area contributed by atoms with Crippen molar-refractivity contribution in [1.29, 1.82) is 0 Å². The summed E-state index contributed by atoms with van der Waals surface area (Å²) in [5.41, 5.74) is 2.62. The molecule has 0 N–H and O–H groups in total. The lowest BCUT2D eigenvalue weighted by molar-refractivity contribution is -0.128. The van der Waals surface area contributed by atoms with Gasteiger partial charge >= 0.3 is 5.97 Å². The number of nitrogens with zero attached hydrogens (tertiary/aromatic N) is 3. The summed E-state index contributed by atoms with van der Waals surface area (Å²) in [4.78, 5) is 44.4. The number of rotatable bonds is 7. The second-order valence-corrected chi connectivity index (χ2v) is 8.34. The van der Waals surface area contributed by atoms with E-state index in [0.29, 0.717) is 29.4 Å². The smallest absolute Gasteiger partial charge is 0.338 e. The summed E-state index contributed by atoms with van der Waals surface area (Å²) in [6.07, 6.45) is 1.46. The Balaban J connectivity index is 1.39. The Labute approximate surface area is 190 Å². The van der Waals surface area contributed by atoms with Crippen molar-refractivity contribution in [2.75, 3.05) is 11.4 Å². The minimum atomic E-state index is -0.458. The molecule has 0 spiro atoms. The minimum absolute atomic E-state index is 0.00467. The van der Waals surface area contributed by atoms with E-state index >= 15 is 0 Å². The van der Waals surface area contributed by atoms with E-state index in [-0.39, 0.29) is 18.4 Å². The first-order chi connectivity index (χ1) is 15.5. The van der Waals surface area contributed by atoms with Gasteiger partial charge in [0.1, 0.15) is 6.61 Å². The molecule has 3 aromatic rings. The highest BCUT2D eigenvalue weighted by Crippen LogP contribution is 2.29.